The van der Waals surface area contributed by atoms with Gasteiger partial charge in [-0.2, -0.15) is 0 Å². The lowest BCUT2D eigenvalue weighted by atomic mass is 9.89. The van der Waals surface area contributed by atoms with Gasteiger partial charge in [0.25, 0.3) is 5.69 Å². The van der Waals surface area contributed by atoms with Crippen LogP contribution in [0.1, 0.15) is 38.7 Å². The predicted octanol–water partition coefficient (Wildman–Crippen LogP) is 2.90. The van der Waals surface area contributed by atoms with Gasteiger partial charge in [0, 0.05) is 18.1 Å². The van der Waals surface area contributed by atoms with Crippen LogP contribution in [-0.2, 0) is 9.53 Å². The molecule has 2 rings (SSSR count). The zero-order valence-electron chi connectivity index (χ0n) is 12.9. The van der Waals surface area contributed by atoms with Crippen LogP contribution < -0.4 is 5.32 Å². The van der Waals surface area contributed by atoms with Crippen molar-refractivity contribution in [1.29, 1.82) is 0 Å². The standard InChI is InChI=1S/C16H20N2O4/c1-16(2,3)22-15(19)14-10-12(7-8-17-14)11-5-4-6-13(9-11)18(20)21/h4-9,12,14,17H,10H2,1-3H3. The second kappa shape index (κ2) is 6.17. The number of ether oxygens (including phenoxy) is 1. The summed E-state index contributed by atoms with van der Waals surface area (Å²) in [7, 11) is 0. The fourth-order valence-corrected chi connectivity index (χ4v) is 2.34. The number of rotatable bonds is 3. The molecule has 0 aliphatic carbocycles. The number of allylic oxidation sites excluding steroid dienone is 1. The van der Waals surface area contributed by atoms with E-state index in [0.717, 1.165) is 5.56 Å². The minimum Gasteiger partial charge on any atom is -0.458 e. The van der Waals surface area contributed by atoms with E-state index in [4.69, 9.17) is 4.74 Å². The van der Waals surface area contributed by atoms with Gasteiger partial charge in [0.05, 0.1) is 4.92 Å². The fraction of sp³-hybridized carbons (Fsp3) is 0.438. The summed E-state index contributed by atoms with van der Waals surface area (Å²) >= 11 is 0. The Balaban J connectivity index is 2.12. The number of nitro benzene ring substituents is 1. The Labute approximate surface area is 129 Å². The molecule has 1 N–H and O–H groups in total. The first-order valence-corrected chi connectivity index (χ1v) is 7.16. The summed E-state index contributed by atoms with van der Waals surface area (Å²) in [6.45, 7) is 5.46. The van der Waals surface area contributed by atoms with E-state index in [1.165, 1.54) is 6.07 Å². The molecular weight excluding hydrogens is 284 g/mol. The third-order valence-electron chi connectivity index (χ3n) is 3.32. The van der Waals surface area contributed by atoms with Crippen molar-refractivity contribution in [2.24, 2.45) is 0 Å². The molecule has 22 heavy (non-hydrogen) atoms. The molecule has 0 saturated heterocycles. The molecule has 1 heterocycles. The van der Waals surface area contributed by atoms with E-state index in [0.29, 0.717) is 6.42 Å². The van der Waals surface area contributed by atoms with Gasteiger partial charge < -0.3 is 10.1 Å². The van der Waals surface area contributed by atoms with Gasteiger partial charge in [0.1, 0.15) is 11.6 Å². The van der Waals surface area contributed by atoms with Crippen molar-refractivity contribution in [3.63, 3.8) is 0 Å². The van der Waals surface area contributed by atoms with Gasteiger partial charge >= 0.3 is 5.97 Å². The summed E-state index contributed by atoms with van der Waals surface area (Å²) in [5, 5.41) is 13.9. The SMILES string of the molecule is CC(C)(C)OC(=O)C1CC(c2cccc([N+](=O)[O-])c2)C=CN1. The lowest BCUT2D eigenvalue weighted by Gasteiger charge is -2.28. The highest BCUT2D eigenvalue weighted by molar-refractivity contribution is 5.76. The van der Waals surface area contributed by atoms with Crippen LogP contribution in [0.2, 0.25) is 0 Å². The second-order valence-corrected chi connectivity index (χ2v) is 6.31. The van der Waals surface area contributed by atoms with Crippen LogP contribution in [0.5, 0.6) is 0 Å². The van der Waals surface area contributed by atoms with Crippen LogP contribution in [-0.4, -0.2) is 22.5 Å². The summed E-state index contributed by atoms with van der Waals surface area (Å²) in [5.41, 5.74) is 0.333. The van der Waals surface area contributed by atoms with Gasteiger partial charge in [0.2, 0.25) is 0 Å². The first kappa shape index (κ1) is 16.0. The number of nitrogens with zero attached hydrogens (tertiary/aromatic N) is 1. The number of esters is 1. The van der Waals surface area contributed by atoms with Crippen LogP contribution >= 0.6 is 0 Å². The molecule has 0 amide bonds. The molecule has 1 aromatic rings. The fourth-order valence-electron chi connectivity index (χ4n) is 2.34. The number of nitro groups is 1. The molecule has 1 aliphatic rings. The number of hydrogen-bond donors (Lipinski definition) is 1. The smallest absolute Gasteiger partial charge is 0.329 e. The third-order valence-corrected chi connectivity index (χ3v) is 3.32. The van der Waals surface area contributed by atoms with Crippen LogP contribution in [0.15, 0.2) is 36.5 Å². The number of benzene rings is 1. The third kappa shape index (κ3) is 4.07. The zero-order valence-corrected chi connectivity index (χ0v) is 12.9. The first-order chi connectivity index (χ1) is 10.3. The van der Waals surface area contributed by atoms with Crippen LogP contribution in [0.4, 0.5) is 5.69 Å². The zero-order chi connectivity index (χ0) is 16.3. The highest BCUT2D eigenvalue weighted by atomic mass is 16.6. The normalized spacial score (nSPS) is 21.0. The minimum atomic E-state index is -0.541. The Morgan fingerprint density at radius 1 is 1.41 bits per heavy atom. The maximum Gasteiger partial charge on any atom is 0.329 e. The van der Waals surface area contributed by atoms with Crippen molar-refractivity contribution in [2.45, 2.75) is 44.8 Å². The van der Waals surface area contributed by atoms with E-state index in [-0.39, 0.29) is 17.6 Å². The van der Waals surface area contributed by atoms with Crippen molar-refractivity contribution in [1.82, 2.24) is 5.32 Å². The minimum absolute atomic E-state index is 0.0539. The molecule has 6 nitrogen and oxygen atoms in total. The molecule has 118 valence electrons. The van der Waals surface area contributed by atoms with Crippen LogP contribution in [0.25, 0.3) is 0 Å². The highest BCUT2D eigenvalue weighted by Gasteiger charge is 2.29. The number of carbonyl (C=O) groups excluding carboxylic acids is 1. The van der Waals surface area contributed by atoms with Crippen molar-refractivity contribution in [2.75, 3.05) is 0 Å². The Bertz CT molecular complexity index is 604. The molecule has 0 radical (unpaired) electrons. The average Bonchev–Trinajstić information content (AvgIpc) is 2.46. The van der Waals surface area contributed by atoms with Crippen molar-refractivity contribution in [3.8, 4) is 0 Å². The molecule has 0 saturated carbocycles. The lowest BCUT2D eigenvalue weighted by molar-refractivity contribution is -0.384. The molecule has 2 atom stereocenters. The Kier molecular flexibility index (Phi) is 4.49. The quantitative estimate of drug-likeness (QED) is 0.527. The van der Waals surface area contributed by atoms with E-state index in [9.17, 15) is 14.9 Å². The molecule has 0 bridgehead atoms. The molecule has 0 spiro atoms. The first-order valence-electron chi connectivity index (χ1n) is 7.16. The number of non-ortho nitro benzene ring substituents is 1. The molecule has 2 unspecified atom stereocenters. The number of hydrogen-bond acceptors (Lipinski definition) is 5. The van der Waals surface area contributed by atoms with E-state index in [1.54, 1.807) is 18.3 Å². The molecule has 1 aliphatic heterocycles. The molecule has 1 aromatic carbocycles. The lowest BCUT2D eigenvalue weighted by Crippen LogP contribution is -2.41. The predicted molar refractivity (Wildman–Crippen MR) is 82.4 cm³/mol. The molecular formula is C16H20N2O4. The Morgan fingerprint density at radius 3 is 2.77 bits per heavy atom. The van der Waals surface area contributed by atoms with Crippen molar-refractivity contribution in [3.05, 3.63) is 52.2 Å². The largest absolute Gasteiger partial charge is 0.458 e. The van der Waals surface area contributed by atoms with Gasteiger partial charge in [0.15, 0.2) is 0 Å². The van der Waals surface area contributed by atoms with E-state index in [1.807, 2.05) is 32.9 Å². The number of nitrogens with one attached hydrogen (secondary N) is 1. The number of carbonyl (C=O) groups is 1. The van der Waals surface area contributed by atoms with Gasteiger partial charge in [-0.3, -0.25) is 10.1 Å². The topological polar surface area (TPSA) is 81.5 Å². The average molecular weight is 304 g/mol. The monoisotopic (exact) mass is 304 g/mol. The van der Waals surface area contributed by atoms with Crippen LogP contribution in [0.3, 0.4) is 0 Å². The Morgan fingerprint density at radius 2 is 2.14 bits per heavy atom. The van der Waals surface area contributed by atoms with Gasteiger partial charge in [-0.05, 0) is 39.0 Å². The summed E-state index contributed by atoms with van der Waals surface area (Å²) in [6.07, 6.45) is 4.12. The summed E-state index contributed by atoms with van der Waals surface area (Å²) < 4.78 is 5.38. The molecule has 6 heteroatoms. The maximum atomic E-state index is 12.1. The van der Waals surface area contributed by atoms with Crippen LogP contribution in [0, 0.1) is 10.1 Å². The van der Waals surface area contributed by atoms with Gasteiger partial charge in [-0.25, -0.2) is 4.79 Å². The van der Waals surface area contributed by atoms with Crippen molar-refractivity contribution < 1.29 is 14.5 Å². The second-order valence-electron chi connectivity index (χ2n) is 6.31. The Hall–Kier alpha value is -2.37. The maximum absolute atomic E-state index is 12.1. The summed E-state index contributed by atoms with van der Waals surface area (Å²) in [4.78, 5) is 22.6. The molecule has 0 aromatic heterocycles. The van der Waals surface area contributed by atoms with Gasteiger partial charge in [-0.15, -0.1) is 0 Å². The van der Waals surface area contributed by atoms with Gasteiger partial charge in [-0.1, -0.05) is 18.2 Å². The van der Waals surface area contributed by atoms with E-state index >= 15 is 0 Å². The molecule has 0 fully saturated rings. The van der Waals surface area contributed by atoms with Crippen molar-refractivity contribution >= 4 is 11.7 Å². The van der Waals surface area contributed by atoms with E-state index in [2.05, 4.69) is 5.32 Å². The highest BCUT2D eigenvalue weighted by Crippen LogP contribution is 2.28. The summed E-state index contributed by atoms with van der Waals surface area (Å²) in [6, 6.07) is 6.05. The summed E-state index contributed by atoms with van der Waals surface area (Å²) in [5.74, 6) is -0.369. The van der Waals surface area contributed by atoms with E-state index < -0.39 is 16.6 Å².